The zero-order valence-corrected chi connectivity index (χ0v) is 21.5. The van der Waals surface area contributed by atoms with Crippen LogP contribution in [0.2, 0.25) is 0 Å². The molecule has 0 radical (unpaired) electrons. The summed E-state index contributed by atoms with van der Waals surface area (Å²) in [6.45, 7) is 4.19. The Morgan fingerprint density at radius 1 is 1.08 bits per heavy atom. The van der Waals surface area contributed by atoms with Gasteiger partial charge in [0.2, 0.25) is 0 Å². The molecule has 1 aromatic heterocycles. The Hall–Kier alpha value is -4.59. The quantitative estimate of drug-likeness (QED) is 0.317. The molecule has 1 aliphatic rings. The van der Waals surface area contributed by atoms with Crippen LogP contribution in [-0.2, 0) is 29.5 Å². The Balaban J connectivity index is 1.48. The van der Waals surface area contributed by atoms with Gasteiger partial charge in [-0.3, -0.25) is 9.69 Å². The monoisotopic (exact) mass is 511 g/mol. The number of aromatic nitrogens is 2. The van der Waals surface area contributed by atoms with E-state index in [-0.39, 0.29) is 31.2 Å². The van der Waals surface area contributed by atoms with E-state index in [1.807, 2.05) is 80.2 Å². The van der Waals surface area contributed by atoms with Crippen LogP contribution < -0.4 is 4.74 Å². The molecule has 2 atom stereocenters. The number of carboxylic acids is 1. The molecule has 0 saturated carbocycles. The second-order valence-corrected chi connectivity index (χ2v) is 9.51. The molecule has 1 N–H and O–H groups in total. The number of aliphatic carboxylic acids is 1. The topological polar surface area (TPSA) is 93.9 Å². The lowest BCUT2D eigenvalue weighted by Gasteiger charge is -2.22. The number of hydrogen-bond donors (Lipinski definition) is 1. The minimum absolute atomic E-state index is 0.0972. The summed E-state index contributed by atoms with van der Waals surface area (Å²) in [6, 6.07) is 22.3. The second-order valence-electron chi connectivity index (χ2n) is 9.51. The number of imidazole rings is 1. The van der Waals surface area contributed by atoms with Crippen LogP contribution in [0.15, 0.2) is 79.0 Å². The first kappa shape index (κ1) is 25.1. The molecule has 2 heterocycles. The zero-order valence-electron chi connectivity index (χ0n) is 21.5. The molecule has 5 rings (SSSR count). The molecule has 1 fully saturated rings. The number of carboxylic acid groups (broad SMARTS) is 1. The SMILES string of the molecule is Cc1nc(-c2ccc(Oc3cccc(CC(=O)O)c3)c(CN3C(=O)O[C@H](c4ccccc4)[C@@H]3C)c2)cn1C. The molecule has 1 saturated heterocycles. The van der Waals surface area contributed by atoms with Crippen molar-refractivity contribution in [2.75, 3.05) is 0 Å². The van der Waals surface area contributed by atoms with Crippen molar-refractivity contribution in [2.45, 2.75) is 39.0 Å². The van der Waals surface area contributed by atoms with Gasteiger partial charge in [0, 0.05) is 24.4 Å². The normalized spacial score (nSPS) is 16.9. The number of nitrogens with zero attached hydrogens (tertiary/aromatic N) is 3. The van der Waals surface area contributed by atoms with Gasteiger partial charge in [0.15, 0.2) is 0 Å². The van der Waals surface area contributed by atoms with Crippen LogP contribution in [0.25, 0.3) is 11.3 Å². The van der Waals surface area contributed by atoms with Gasteiger partial charge in [-0.05, 0) is 55.3 Å². The summed E-state index contributed by atoms with van der Waals surface area (Å²) in [5.41, 5.74) is 4.09. The van der Waals surface area contributed by atoms with E-state index in [0.717, 1.165) is 28.2 Å². The minimum atomic E-state index is -0.910. The average molecular weight is 512 g/mol. The number of benzene rings is 3. The first-order valence-corrected chi connectivity index (χ1v) is 12.4. The van der Waals surface area contributed by atoms with Crippen LogP contribution in [0.4, 0.5) is 4.79 Å². The van der Waals surface area contributed by atoms with Crippen LogP contribution in [0.1, 0.15) is 35.5 Å². The molecular weight excluding hydrogens is 482 g/mol. The molecule has 0 bridgehead atoms. The smallest absolute Gasteiger partial charge is 0.411 e. The second kappa shape index (κ2) is 10.4. The summed E-state index contributed by atoms with van der Waals surface area (Å²) in [7, 11) is 1.94. The number of amides is 1. The summed E-state index contributed by atoms with van der Waals surface area (Å²) < 4.78 is 14.0. The maximum absolute atomic E-state index is 13.0. The third-order valence-corrected chi connectivity index (χ3v) is 6.81. The Kier molecular flexibility index (Phi) is 6.87. The molecule has 38 heavy (non-hydrogen) atoms. The lowest BCUT2D eigenvalue weighted by molar-refractivity contribution is -0.136. The van der Waals surface area contributed by atoms with E-state index in [0.29, 0.717) is 17.1 Å². The maximum Gasteiger partial charge on any atom is 0.411 e. The number of rotatable bonds is 8. The number of carbonyl (C=O) groups is 2. The highest BCUT2D eigenvalue weighted by atomic mass is 16.6. The average Bonchev–Trinajstić information content (AvgIpc) is 3.38. The van der Waals surface area contributed by atoms with Crippen molar-refractivity contribution in [2.24, 2.45) is 7.05 Å². The first-order chi connectivity index (χ1) is 18.3. The highest BCUT2D eigenvalue weighted by Crippen LogP contribution is 2.36. The van der Waals surface area contributed by atoms with Crippen LogP contribution >= 0.6 is 0 Å². The van der Waals surface area contributed by atoms with E-state index < -0.39 is 5.97 Å². The Bertz CT molecular complexity index is 1460. The molecule has 0 unspecified atom stereocenters. The molecule has 1 aliphatic heterocycles. The molecule has 194 valence electrons. The van der Waals surface area contributed by atoms with Crippen molar-refractivity contribution < 1.29 is 24.2 Å². The van der Waals surface area contributed by atoms with E-state index in [1.54, 1.807) is 29.2 Å². The van der Waals surface area contributed by atoms with Gasteiger partial charge in [-0.2, -0.15) is 0 Å². The maximum atomic E-state index is 13.0. The lowest BCUT2D eigenvalue weighted by atomic mass is 10.0. The summed E-state index contributed by atoms with van der Waals surface area (Å²) in [4.78, 5) is 30.5. The van der Waals surface area contributed by atoms with Gasteiger partial charge in [0.1, 0.15) is 23.4 Å². The van der Waals surface area contributed by atoms with Gasteiger partial charge in [-0.1, -0.05) is 42.5 Å². The number of cyclic esters (lactones) is 1. The van der Waals surface area contributed by atoms with Crippen molar-refractivity contribution >= 4 is 12.1 Å². The molecule has 0 spiro atoms. The zero-order chi connectivity index (χ0) is 26.8. The van der Waals surface area contributed by atoms with Crippen molar-refractivity contribution in [1.29, 1.82) is 0 Å². The van der Waals surface area contributed by atoms with Crippen molar-refractivity contribution in [1.82, 2.24) is 14.5 Å². The van der Waals surface area contributed by atoms with Gasteiger partial charge >= 0.3 is 12.1 Å². The number of aryl methyl sites for hydroxylation is 2. The minimum Gasteiger partial charge on any atom is -0.481 e. The molecule has 1 amide bonds. The van der Waals surface area contributed by atoms with Crippen LogP contribution in [0.3, 0.4) is 0 Å². The molecule has 8 nitrogen and oxygen atoms in total. The lowest BCUT2D eigenvalue weighted by Crippen LogP contribution is -2.31. The van der Waals surface area contributed by atoms with Gasteiger partial charge in [-0.15, -0.1) is 0 Å². The molecule has 3 aromatic carbocycles. The number of carbonyl (C=O) groups excluding carboxylic acids is 1. The summed E-state index contributed by atoms with van der Waals surface area (Å²) >= 11 is 0. The van der Waals surface area contributed by atoms with E-state index in [2.05, 4.69) is 4.98 Å². The van der Waals surface area contributed by atoms with Gasteiger partial charge < -0.3 is 19.1 Å². The van der Waals surface area contributed by atoms with E-state index in [4.69, 9.17) is 14.6 Å². The van der Waals surface area contributed by atoms with Crippen molar-refractivity contribution in [3.8, 4) is 22.8 Å². The molecule has 0 aliphatic carbocycles. The summed E-state index contributed by atoms with van der Waals surface area (Å²) in [6.07, 6.45) is 1.10. The van der Waals surface area contributed by atoms with Crippen LogP contribution in [-0.4, -0.2) is 37.7 Å². The molecule has 4 aromatic rings. The molecule has 8 heteroatoms. The molecular formula is C30H29N3O5. The highest BCUT2D eigenvalue weighted by molar-refractivity contribution is 5.72. The third-order valence-electron chi connectivity index (χ3n) is 6.81. The summed E-state index contributed by atoms with van der Waals surface area (Å²) in [5, 5.41) is 9.17. The standard InChI is InChI=1S/C30H29N3O5/c1-19-29(22-9-5-4-6-10-22)38-30(36)33(19)17-24-16-23(26-18-32(3)20(2)31-26)12-13-27(24)37-25-11-7-8-21(14-25)15-28(34)35/h4-14,16,18-19,29H,15,17H2,1-3H3,(H,34,35)/t19-,29-/m0/s1. The van der Waals surface area contributed by atoms with Gasteiger partial charge in [0.25, 0.3) is 0 Å². The Morgan fingerprint density at radius 3 is 2.58 bits per heavy atom. The van der Waals surface area contributed by atoms with Gasteiger partial charge in [0.05, 0.1) is 24.7 Å². The Labute approximate surface area is 221 Å². The fraction of sp³-hybridized carbons (Fsp3) is 0.233. The number of hydrogen-bond acceptors (Lipinski definition) is 5. The third kappa shape index (κ3) is 5.25. The van der Waals surface area contributed by atoms with E-state index in [9.17, 15) is 9.59 Å². The Morgan fingerprint density at radius 2 is 1.87 bits per heavy atom. The highest BCUT2D eigenvalue weighted by Gasteiger charge is 2.40. The van der Waals surface area contributed by atoms with Crippen LogP contribution in [0, 0.1) is 6.92 Å². The van der Waals surface area contributed by atoms with Crippen LogP contribution in [0.5, 0.6) is 11.5 Å². The van der Waals surface area contributed by atoms with E-state index in [1.165, 1.54) is 0 Å². The fourth-order valence-corrected chi connectivity index (χ4v) is 4.67. The first-order valence-electron chi connectivity index (χ1n) is 12.4. The van der Waals surface area contributed by atoms with E-state index >= 15 is 0 Å². The summed E-state index contributed by atoms with van der Waals surface area (Å²) in [5.74, 6) is 1.06. The predicted octanol–water partition coefficient (Wildman–Crippen LogP) is 5.90. The predicted molar refractivity (Wildman–Crippen MR) is 142 cm³/mol. The van der Waals surface area contributed by atoms with Crippen molar-refractivity contribution in [3.63, 3.8) is 0 Å². The van der Waals surface area contributed by atoms with Crippen molar-refractivity contribution in [3.05, 3.63) is 102 Å². The van der Waals surface area contributed by atoms with Gasteiger partial charge in [-0.25, -0.2) is 9.78 Å². The number of ether oxygens (including phenoxy) is 2. The fourth-order valence-electron chi connectivity index (χ4n) is 4.67. The largest absolute Gasteiger partial charge is 0.481 e.